The lowest BCUT2D eigenvalue weighted by molar-refractivity contribution is -0.140. The van der Waals surface area contributed by atoms with Gasteiger partial charge in [-0.3, -0.25) is 9.48 Å². The molecule has 0 aliphatic heterocycles. The van der Waals surface area contributed by atoms with Gasteiger partial charge in [0.15, 0.2) is 0 Å². The first-order valence-electron chi connectivity index (χ1n) is 6.58. The minimum Gasteiger partial charge on any atom is -0.480 e. The van der Waals surface area contributed by atoms with Crippen LogP contribution in [0.4, 0.5) is 0 Å². The van der Waals surface area contributed by atoms with Gasteiger partial charge in [-0.2, -0.15) is 9.82 Å². The molecule has 8 nitrogen and oxygen atoms in total. The Labute approximate surface area is 124 Å². The molecule has 0 spiro atoms. The summed E-state index contributed by atoms with van der Waals surface area (Å²) in [6, 6.07) is -1.16. The second kappa shape index (κ2) is 7.53. The Hall–Kier alpha value is -1.45. The number of methoxy groups -OCH3 is 1. The van der Waals surface area contributed by atoms with Crippen molar-refractivity contribution in [3.8, 4) is 0 Å². The van der Waals surface area contributed by atoms with Crippen molar-refractivity contribution in [1.82, 2.24) is 14.5 Å². The van der Waals surface area contributed by atoms with Crippen molar-refractivity contribution in [3.05, 3.63) is 12.4 Å². The van der Waals surface area contributed by atoms with Crippen LogP contribution in [0.2, 0.25) is 0 Å². The Morgan fingerprint density at radius 2 is 2.24 bits per heavy atom. The number of ether oxygens (including phenoxy) is 1. The topological polar surface area (TPSA) is 111 Å². The number of hydrogen-bond acceptors (Lipinski definition) is 5. The highest BCUT2D eigenvalue weighted by Gasteiger charge is 2.30. The smallest absolute Gasteiger partial charge is 0.322 e. The predicted molar refractivity (Wildman–Crippen MR) is 75.3 cm³/mol. The Bertz CT molecular complexity index is 569. The number of carboxylic acids is 1. The van der Waals surface area contributed by atoms with E-state index in [1.807, 2.05) is 0 Å². The van der Waals surface area contributed by atoms with Gasteiger partial charge in [-0.25, -0.2) is 8.42 Å². The van der Waals surface area contributed by atoms with Crippen LogP contribution in [-0.2, 0) is 26.1 Å². The van der Waals surface area contributed by atoms with Gasteiger partial charge in [0.2, 0.25) is 10.0 Å². The molecule has 0 aliphatic carbocycles. The Kier molecular flexibility index (Phi) is 6.31. The van der Waals surface area contributed by atoms with Crippen LogP contribution in [0.25, 0.3) is 0 Å². The summed E-state index contributed by atoms with van der Waals surface area (Å²) in [5.41, 5.74) is 0. The van der Waals surface area contributed by atoms with E-state index in [4.69, 9.17) is 9.84 Å². The molecule has 2 atom stereocenters. The number of hydrogen-bond donors (Lipinski definition) is 2. The zero-order chi connectivity index (χ0) is 16.0. The maximum absolute atomic E-state index is 12.2. The third-order valence-corrected chi connectivity index (χ3v) is 4.60. The van der Waals surface area contributed by atoms with Crippen molar-refractivity contribution in [3.63, 3.8) is 0 Å². The first-order chi connectivity index (χ1) is 9.81. The van der Waals surface area contributed by atoms with E-state index in [0.29, 0.717) is 19.6 Å². The molecule has 2 N–H and O–H groups in total. The lowest BCUT2D eigenvalue weighted by atomic mass is 10.0. The zero-order valence-electron chi connectivity index (χ0n) is 12.3. The Morgan fingerprint density at radius 3 is 2.76 bits per heavy atom. The lowest BCUT2D eigenvalue weighted by Gasteiger charge is -2.19. The first-order valence-corrected chi connectivity index (χ1v) is 8.06. The van der Waals surface area contributed by atoms with Gasteiger partial charge in [0.1, 0.15) is 10.9 Å². The average Bonchev–Trinajstić information content (AvgIpc) is 2.91. The largest absolute Gasteiger partial charge is 0.480 e. The highest BCUT2D eigenvalue weighted by atomic mass is 32.2. The van der Waals surface area contributed by atoms with Crippen LogP contribution in [0.5, 0.6) is 0 Å². The average molecular weight is 319 g/mol. The fourth-order valence-corrected chi connectivity index (χ4v) is 2.92. The molecule has 0 bridgehead atoms. The second-order valence-corrected chi connectivity index (χ2v) is 6.47. The molecule has 0 aliphatic rings. The minimum atomic E-state index is -3.92. The highest BCUT2D eigenvalue weighted by Crippen LogP contribution is 2.13. The second-order valence-electron chi connectivity index (χ2n) is 4.75. The fourth-order valence-electron chi connectivity index (χ4n) is 1.67. The van der Waals surface area contributed by atoms with Gasteiger partial charge in [-0.1, -0.05) is 20.3 Å². The van der Waals surface area contributed by atoms with E-state index in [9.17, 15) is 13.2 Å². The normalized spacial score (nSPS) is 14.8. The lowest BCUT2D eigenvalue weighted by Crippen LogP contribution is -2.44. The molecule has 9 heteroatoms. The molecule has 0 saturated heterocycles. The van der Waals surface area contributed by atoms with Crippen molar-refractivity contribution >= 4 is 16.0 Å². The van der Waals surface area contributed by atoms with E-state index in [1.165, 1.54) is 24.2 Å². The summed E-state index contributed by atoms with van der Waals surface area (Å²) >= 11 is 0. The molecule has 0 saturated carbocycles. The molecule has 1 aromatic heterocycles. The van der Waals surface area contributed by atoms with Gasteiger partial charge in [-0.15, -0.1) is 0 Å². The molecular weight excluding hydrogens is 298 g/mol. The van der Waals surface area contributed by atoms with Crippen molar-refractivity contribution in [2.75, 3.05) is 13.7 Å². The third kappa shape index (κ3) is 4.80. The summed E-state index contributed by atoms with van der Waals surface area (Å²) in [5, 5.41) is 13.0. The summed E-state index contributed by atoms with van der Waals surface area (Å²) in [6.07, 6.45) is 3.08. The molecule has 0 fully saturated rings. The number of sulfonamides is 1. The van der Waals surface area contributed by atoms with Crippen LogP contribution in [0.1, 0.15) is 20.3 Å². The number of nitrogens with one attached hydrogen (secondary N) is 1. The molecular formula is C12H21N3O5S. The van der Waals surface area contributed by atoms with Gasteiger partial charge in [-0.05, 0) is 5.92 Å². The molecule has 21 heavy (non-hydrogen) atoms. The molecule has 120 valence electrons. The van der Waals surface area contributed by atoms with Crippen molar-refractivity contribution < 1.29 is 23.1 Å². The van der Waals surface area contributed by atoms with Gasteiger partial charge in [0.05, 0.1) is 19.3 Å². The van der Waals surface area contributed by atoms with Gasteiger partial charge < -0.3 is 9.84 Å². The van der Waals surface area contributed by atoms with Gasteiger partial charge >= 0.3 is 5.97 Å². The molecule has 1 heterocycles. The third-order valence-electron chi connectivity index (χ3n) is 3.21. The van der Waals surface area contributed by atoms with Crippen LogP contribution in [0.3, 0.4) is 0 Å². The van der Waals surface area contributed by atoms with E-state index in [0.717, 1.165) is 0 Å². The molecule has 0 unspecified atom stereocenters. The van der Waals surface area contributed by atoms with Crippen molar-refractivity contribution in [2.45, 2.75) is 37.8 Å². The van der Waals surface area contributed by atoms with Crippen molar-refractivity contribution in [1.29, 1.82) is 0 Å². The maximum Gasteiger partial charge on any atom is 0.322 e. The standard InChI is InChI=1S/C12H21N3O5S/c1-4-9(2)11(12(16)17)14-21(18,19)10-7-13-15(8-10)5-6-20-3/h7-9,11,14H,4-6H2,1-3H3,(H,16,17)/t9-,11-/m0/s1. The van der Waals surface area contributed by atoms with Crippen LogP contribution in [0.15, 0.2) is 17.3 Å². The van der Waals surface area contributed by atoms with E-state index in [-0.39, 0.29) is 10.8 Å². The van der Waals surface area contributed by atoms with E-state index < -0.39 is 22.0 Å². The summed E-state index contributed by atoms with van der Waals surface area (Å²) in [5.74, 6) is -1.51. The number of rotatable bonds is 9. The summed E-state index contributed by atoms with van der Waals surface area (Å²) < 4.78 is 32.9. The number of aromatic nitrogens is 2. The van der Waals surface area contributed by atoms with Gasteiger partial charge in [0, 0.05) is 13.3 Å². The first kappa shape index (κ1) is 17.6. The van der Waals surface area contributed by atoms with Crippen LogP contribution >= 0.6 is 0 Å². The van der Waals surface area contributed by atoms with E-state index >= 15 is 0 Å². The Balaban J connectivity index is 2.89. The molecule has 0 amide bonds. The number of aliphatic carboxylic acids is 1. The summed E-state index contributed by atoms with van der Waals surface area (Å²) in [4.78, 5) is 11.1. The quantitative estimate of drug-likeness (QED) is 0.677. The minimum absolute atomic E-state index is 0.0619. The monoisotopic (exact) mass is 319 g/mol. The van der Waals surface area contributed by atoms with Crippen LogP contribution in [-0.4, -0.2) is 49.0 Å². The van der Waals surface area contributed by atoms with Crippen LogP contribution < -0.4 is 4.72 Å². The van der Waals surface area contributed by atoms with E-state index in [2.05, 4.69) is 9.82 Å². The van der Waals surface area contributed by atoms with Crippen LogP contribution in [0, 0.1) is 5.92 Å². The number of carbonyl (C=O) groups is 1. The molecule has 1 rings (SSSR count). The molecule has 0 radical (unpaired) electrons. The Morgan fingerprint density at radius 1 is 1.57 bits per heavy atom. The highest BCUT2D eigenvalue weighted by molar-refractivity contribution is 7.89. The maximum atomic E-state index is 12.2. The SMILES string of the molecule is CC[C@H](C)[C@H](NS(=O)(=O)c1cnn(CCOC)c1)C(=O)O. The molecule has 0 aromatic carbocycles. The van der Waals surface area contributed by atoms with Crippen molar-refractivity contribution in [2.24, 2.45) is 5.92 Å². The predicted octanol–water partition coefficient (Wildman–Crippen LogP) is 0.307. The number of carboxylic acid groups (broad SMARTS) is 1. The molecule has 1 aromatic rings. The zero-order valence-corrected chi connectivity index (χ0v) is 13.1. The van der Waals surface area contributed by atoms with E-state index in [1.54, 1.807) is 13.8 Å². The van der Waals surface area contributed by atoms with Gasteiger partial charge in [0.25, 0.3) is 0 Å². The number of nitrogens with zero attached hydrogens (tertiary/aromatic N) is 2. The summed E-state index contributed by atoms with van der Waals surface area (Å²) in [6.45, 7) is 4.31. The summed E-state index contributed by atoms with van der Waals surface area (Å²) in [7, 11) is -2.38. The fraction of sp³-hybridized carbons (Fsp3) is 0.667.